The Labute approximate surface area is 134 Å². The van der Waals surface area contributed by atoms with Crippen LogP contribution < -0.4 is 15.4 Å². The monoisotopic (exact) mass is 316 g/mol. The second-order valence-electron chi connectivity index (χ2n) is 5.41. The number of halogens is 1. The zero-order valence-corrected chi connectivity index (χ0v) is 13.2. The zero-order chi connectivity index (χ0) is 15.9. The van der Waals surface area contributed by atoms with E-state index in [4.69, 9.17) is 22.1 Å². The number of benzene rings is 2. The van der Waals surface area contributed by atoms with Gasteiger partial charge in [0.1, 0.15) is 11.8 Å². The third-order valence-electron chi connectivity index (χ3n) is 3.97. The summed E-state index contributed by atoms with van der Waals surface area (Å²) in [6.45, 7) is 2.02. The highest BCUT2D eigenvalue weighted by atomic mass is 35.5. The fourth-order valence-electron chi connectivity index (χ4n) is 2.72. The average Bonchev–Trinajstić information content (AvgIpc) is 2.52. The lowest BCUT2D eigenvalue weighted by atomic mass is 9.88. The lowest BCUT2D eigenvalue weighted by Gasteiger charge is -2.45. The number of aryl methyl sites for hydroxylation is 1. The van der Waals surface area contributed by atoms with E-state index in [1.54, 1.807) is 24.1 Å². The largest absolute Gasteiger partial charge is 0.495 e. The predicted octanol–water partition coefficient (Wildman–Crippen LogP) is 3.07. The zero-order valence-electron chi connectivity index (χ0n) is 12.4. The summed E-state index contributed by atoms with van der Waals surface area (Å²) >= 11 is 6.16. The van der Waals surface area contributed by atoms with Crippen molar-refractivity contribution in [1.29, 1.82) is 0 Å². The summed E-state index contributed by atoms with van der Waals surface area (Å²) in [5.41, 5.74) is 8.92. The molecule has 22 heavy (non-hydrogen) atoms. The average molecular weight is 317 g/mol. The Kier molecular flexibility index (Phi) is 3.81. The van der Waals surface area contributed by atoms with E-state index in [1.165, 1.54) is 5.56 Å². The number of hydrogen-bond donors (Lipinski definition) is 1. The highest BCUT2D eigenvalue weighted by Crippen LogP contribution is 2.40. The van der Waals surface area contributed by atoms with E-state index in [1.807, 2.05) is 37.3 Å². The van der Waals surface area contributed by atoms with Gasteiger partial charge in [0.05, 0.1) is 18.2 Å². The van der Waals surface area contributed by atoms with Crippen molar-refractivity contribution in [2.75, 3.05) is 12.0 Å². The molecule has 5 heteroatoms. The molecular formula is C17H17ClN2O2. The van der Waals surface area contributed by atoms with Crippen molar-refractivity contribution in [2.45, 2.75) is 19.0 Å². The Bertz CT molecular complexity index is 715. The van der Waals surface area contributed by atoms with Gasteiger partial charge in [-0.25, -0.2) is 0 Å². The minimum atomic E-state index is -0.524. The summed E-state index contributed by atoms with van der Waals surface area (Å²) < 4.78 is 5.14. The van der Waals surface area contributed by atoms with Crippen molar-refractivity contribution in [3.8, 4) is 5.75 Å². The van der Waals surface area contributed by atoms with E-state index >= 15 is 0 Å². The minimum Gasteiger partial charge on any atom is -0.495 e. The number of anilines is 1. The molecule has 3 rings (SSSR count). The van der Waals surface area contributed by atoms with Gasteiger partial charge in [0.15, 0.2) is 0 Å². The minimum absolute atomic E-state index is 0.105. The summed E-state index contributed by atoms with van der Waals surface area (Å²) in [5.74, 6) is 0.474. The first kappa shape index (κ1) is 14.9. The molecule has 0 aliphatic carbocycles. The predicted molar refractivity (Wildman–Crippen MR) is 87.4 cm³/mol. The Morgan fingerprint density at radius 2 is 1.86 bits per heavy atom. The number of ether oxygens (including phenoxy) is 1. The van der Waals surface area contributed by atoms with E-state index in [0.29, 0.717) is 10.8 Å². The molecular weight excluding hydrogens is 300 g/mol. The van der Waals surface area contributed by atoms with Crippen molar-refractivity contribution in [3.63, 3.8) is 0 Å². The molecule has 2 aromatic rings. The van der Waals surface area contributed by atoms with Crippen molar-refractivity contribution < 1.29 is 9.53 Å². The molecule has 0 saturated carbocycles. The maximum atomic E-state index is 12.2. The maximum absolute atomic E-state index is 12.2. The van der Waals surface area contributed by atoms with Crippen molar-refractivity contribution in [1.82, 2.24) is 0 Å². The van der Waals surface area contributed by atoms with Crippen molar-refractivity contribution >= 4 is 23.2 Å². The van der Waals surface area contributed by atoms with Gasteiger partial charge in [0.2, 0.25) is 5.91 Å². The summed E-state index contributed by atoms with van der Waals surface area (Å²) in [4.78, 5) is 13.9. The molecule has 0 unspecified atom stereocenters. The third kappa shape index (κ3) is 2.34. The van der Waals surface area contributed by atoms with E-state index in [2.05, 4.69) is 0 Å². The number of hydrogen-bond acceptors (Lipinski definition) is 3. The molecule has 1 amide bonds. The first-order chi connectivity index (χ1) is 10.5. The first-order valence-electron chi connectivity index (χ1n) is 7.01. The number of rotatable bonds is 3. The van der Waals surface area contributed by atoms with Crippen LogP contribution >= 0.6 is 11.6 Å². The molecule has 1 saturated heterocycles. The normalized spacial score (nSPS) is 20.7. The second kappa shape index (κ2) is 5.63. The molecule has 1 fully saturated rings. The van der Waals surface area contributed by atoms with Gasteiger partial charge in [-0.1, -0.05) is 41.4 Å². The Morgan fingerprint density at radius 3 is 2.45 bits per heavy atom. The number of methoxy groups -OCH3 is 1. The van der Waals surface area contributed by atoms with Gasteiger partial charge in [-0.2, -0.15) is 0 Å². The lowest BCUT2D eigenvalue weighted by Crippen LogP contribution is -2.63. The summed E-state index contributed by atoms with van der Waals surface area (Å²) in [6, 6.07) is 12.6. The van der Waals surface area contributed by atoms with Crippen LogP contribution in [0.15, 0.2) is 42.5 Å². The highest BCUT2D eigenvalue weighted by Gasteiger charge is 2.46. The molecule has 0 radical (unpaired) electrons. The quantitative estimate of drug-likeness (QED) is 0.885. The molecule has 114 valence electrons. The Hall–Kier alpha value is -2.04. The summed E-state index contributed by atoms with van der Waals surface area (Å²) in [5, 5.41) is 0.468. The molecule has 1 aliphatic heterocycles. The smallest absolute Gasteiger partial charge is 0.247 e. The Balaban J connectivity index is 1.96. The molecule has 2 atom stereocenters. The molecule has 0 aromatic heterocycles. The van der Waals surface area contributed by atoms with Crippen LogP contribution in [-0.2, 0) is 4.79 Å². The third-order valence-corrected chi connectivity index (χ3v) is 4.27. The van der Waals surface area contributed by atoms with Crippen LogP contribution in [0.4, 0.5) is 5.69 Å². The van der Waals surface area contributed by atoms with Crippen LogP contribution in [-0.4, -0.2) is 19.1 Å². The van der Waals surface area contributed by atoms with E-state index in [-0.39, 0.29) is 11.9 Å². The van der Waals surface area contributed by atoms with Gasteiger partial charge < -0.3 is 15.4 Å². The van der Waals surface area contributed by atoms with Crippen LogP contribution in [0.3, 0.4) is 0 Å². The van der Waals surface area contributed by atoms with Gasteiger partial charge in [0, 0.05) is 5.69 Å². The van der Waals surface area contributed by atoms with E-state index in [9.17, 15) is 4.79 Å². The fourth-order valence-corrected chi connectivity index (χ4v) is 2.98. The van der Waals surface area contributed by atoms with Crippen LogP contribution in [0.1, 0.15) is 17.2 Å². The van der Waals surface area contributed by atoms with E-state index in [0.717, 1.165) is 11.3 Å². The van der Waals surface area contributed by atoms with Crippen molar-refractivity contribution in [2.24, 2.45) is 5.73 Å². The molecule has 1 aliphatic rings. The Morgan fingerprint density at radius 1 is 1.18 bits per heavy atom. The molecule has 0 bridgehead atoms. The van der Waals surface area contributed by atoms with Gasteiger partial charge >= 0.3 is 0 Å². The first-order valence-corrected chi connectivity index (χ1v) is 7.39. The molecule has 1 heterocycles. The summed E-state index contributed by atoms with van der Waals surface area (Å²) in [6.07, 6.45) is 0. The molecule has 0 spiro atoms. The van der Waals surface area contributed by atoms with Crippen molar-refractivity contribution in [3.05, 3.63) is 58.6 Å². The lowest BCUT2D eigenvalue weighted by molar-refractivity contribution is -0.126. The van der Waals surface area contributed by atoms with Crippen LogP contribution in [0, 0.1) is 6.92 Å². The van der Waals surface area contributed by atoms with Crippen LogP contribution in [0.5, 0.6) is 5.75 Å². The fraction of sp³-hybridized carbons (Fsp3) is 0.235. The van der Waals surface area contributed by atoms with Gasteiger partial charge in [-0.15, -0.1) is 0 Å². The van der Waals surface area contributed by atoms with Gasteiger partial charge in [0.25, 0.3) is 0 Å². The van der Waals surface area contributed by atoms with Crippen LogP contribution in [0.25, 0.3) is 0 Å². The van der Waals surface area contributed by atoms with Crippen LogP contribution in [0.2, 0.25) is 5.02 Å². The molecule has 2 N–H and O–H groups in total. The van der Waals surface area contributed by atoms with E-state index < -0.39 is 6.04 Å². The number of carbonyl (C=O) groups is 1. The number of β-lactam (4-membered cyclic amide) rings is 1. The van der Waals surface area contributed by atoms with Gasteiger partial charge in [-0.3, -0.25) is 4.79 Å². The molecule has 2 aromatic carbocycles. The second-order valence-corrected chi connectivity index (χ2v) is 5.82. The number of nitrogens with two attached hydrogens (primary N) is 1. The number of amides is 1. The summed E-state index contributed by atoms with van der Waals surface area (Å²) in [7, 11) is 1.56. The standard InChI is InChI=1S/C17H17ClN2O2/c1-10-3-5-11(6-4-10)16-15(19)17(21)20(16)12-7-8-14(22-2)13(18)9-12/h3-9,15-16H,19H2,1-2H3/t15-,16+/m1/s1. The number of nitrogens with zero attached hydrogens (tertiary/aromatic N) is 1. The SMILES string of the molecule is COc1ccc(N2C(=O)[C@H](N)[C@@H]2c2ccc(C)cc2)cc1Cl. The number of carbonyl (C=O) groups excluding carboxylic acids is 1. The van der Waals surface area contributed by atoms with Gasteiger partial charge in [-0.05, 0) is 30.7 Å². The molecule has 4 nitrogen and oxygen atoms in total. The maximum Gasteiger partial charge on any atom is 0.247 e. The highest BCUT2D eigenvalue weighted by molar-refractivity contribution is 6.32. The topological polar surface area (TPSA) is 55.6 Å².